The van der Waals surface area contributed by atoms with E-state index in [0.717, 1.165) is 12.8 Å². The van der Waals surface area contributed by atoms with Gasteiger partial charge in [0.1, 0.15) is 12.1 Å². The van der Waals surface area contributed by atoms with Crippen LogP contribution in [-0.4, -0.2) is 33.5 Å². The third-order valence-corrected chi connectivity index (χ3v) is 2.94. The zero-order chi connectivity index (χ0) is 8.72. The fraction of sp³-hybridized carbons (Fsp3) is 0.714. The van der Waals surface area contributed by atoms with E-state index >= 15 is 0 Å². The summed E-state index contributed by atoms with van der Waals surface area (Å²) in [5, 5.41) is 0. The van der Waals surface area contributed by atoms with Crippen molar-refractivity contribution in [2.24, 2.45) is 0 Å². The maximum atomic E-state index is 11.2. The number of rotatable bonds is 0. The molecule has 5 heteroatoms. The van der Waals surface area contributed by atoms with Gasteiger partial charge in [0.15, 0.2) is 0 Å². The average molecular weight is 281 g/mol. The van der Waals surface area contributed by atoms with Crippen molar-refractivity contribution in [3.05, 3.63) is 0 Å². The second-order valence-corrected chi connectivity index (χ2v) is 3.98. The van der Waals surface area contributed by atoms with Crippen LogP contribution in [0.4, 0.5) is 4.79 Å². The maximum Gasteiger partial charge on any atom is 0.329 e. The van der Waals surface area contributed by atoms with Crippen molar-refractivity contribution >= 4 is 32.5 Å². The van der Waals surface area contributed by atoms with E-state index in [9.17, 15) is 9.59 Å². The van der Waals surface area contributed by atoms with Gasteiger partial charge in [-0.2, -0.15) is 0 Å². The number of carbonyl (C=O) groups excluding carboxylic acids is 2. The Morgan fingerprint density at radius 3 is 2.75 bits per heavy atom. The minimum Gasteiger partial charge on any atom is -0.459 e. The molecule has 3 heterocycles. The molecule has 66 valence electrons. The first-order valence-corrected chi connectivity index (χ1v) is 4.93. The van der Waals surface area contributed by atoms with Crippen molar-refractivity contribution in [3.8, 4) is 0 Å². The first-order chi connectivity index (χ1) is 5.68. The molecule has 3 aliphatic rings. The van der Waals surface area contributed by atoms with E-state index in [-0.39, 0.29) is 22.0 Å². The van der Waals surface area contributed by atoms with E-state index in [1.165, 1.54) is 0 Å². The summed E-state index contributed by atoms with van der Waals surface area (Å²) in [7, 11) is 0. The highest BCUT2D eigenvalue weighted by molar-refractivity contribution is 14.1. The molecule has 0 saturated carbocycles. The molecule has 0 N–H and O–H groups in total. The van der Waals surface area contributed by atoms with Crippen LogP contribution in [-0.2, 0) is 9.53 Å². The van der Waals surface area contributed by atoms with Crippen LogP contribution in [0.2, 0.25) is 0 Å². The summed E-state index contributed by atoms with van der Waals surface area (Å²) in [4.78, 5) is 23.8. The van der Waals surface area contributed by atoms with Crippen LogP contribution < -0.4 is 0 Å². The molecule has 12 heavy (non-hydrogen) atoms. The van der Waals surface area contributed by atoms with Crippen LogP contribution in [0.5, 0.6) is 0 Å². The molecule has 2 atom stereocenters. The van der Waals surface area contributed by atoms with Gasteiger partial charge in [-0.1, -0.05) is 0 Å². The van der Waals surface area contributed by atoms with Gasteiger partial charge in [0.05, 0.1) is 6.54 Å². The van der Waals surface area contributed by atoms with Gasteiger partial charge in [-0.15, -0.1) is 0 Å². The number of piperidine rings is 1. The molecule has 3 saturated heterocycles. The third-order valence-electron chi connectivity index (χ3n) is 2.32. The van der Waals surface area contributed by atoms with E-state index < -0.39 is 0 Å². The Labute approximate surface area is 83.4 Å². The number of carbonyl (C=O) groups is 2. The quantitative estimate of drug-likeness (QED) is 0.287. The monoisotopic (exact) mass is 281 g/mol. The lowest BCUT2D eigenvalue weighted by atomic mass is 9.97. The SMILES string of the molecule is O=C1O[C@H]2CC[C@@H]1N(C(=O)I)C2. The van der Waals surface area contributed by atoms with Crippen LogP contribution in [0.15, 0.2) is 0 Å². The van der Waals surface area contributed by atoms with Gasteiger partial charge in [0.2, 0.25) is 0 Å². The van der Waals surface area contributed by atoms with Gasteiger partial charge in [-0.3, -0.25) is 4.79 Å². The van der Waals surface area contributed by atoms with Crippen LogP contribution >= 0.6 is 22.6 Å². The highest BCUT2D eigenvalue weighted by atomic mass is 127. The van der Waals surface area contributed by atoms with E-state index in [4.69, 9.17) is 4.74 Å². The number of nitrogens with zero attached hydrogens (tertiary/aromatic N) is 1. The minimum atomic E-state index is -0.306. The summed E-state index contributed by atoms with van der Waals surface area (Å²) in [5.74, 6) is -0.234. The predicted molar refractivity (Wildman–Crippen MR) is 49.0 cm³/mol. The van der Waals surface area contributed by atoms with Gasteiger partial charge >= 0.3 is 5.97 Å². The lowest BCUT2D eigenvalue weighted by Gasteiger charge is -2.42. The fourth-order valence-corrected chi connectivity index (χ4v) is 2.25. The molecule has 4 nitrogen and oxygen atoms in total. The van der Waals surface area contributed by atoms with Crippen LogP contribution in [0.1, 0.15) is 12.8 Å². The first kappa shape index (κ1) is 8.28. The molecule has 3 fully saturated rings. The van der Waals surface area contributed by atoms with E-state index in [0.29, 0.717) is 6.54 Å². The van der Waals surface area contributed by atoms with Gasteiger partial charge in [-0.25, -0.2) is 4.79 Å². The summed E-state index contributed by atoms with van der Waals surface area (Å²) in [5.41, 5.74) is 0. The number of ether oxygens (including phenoxy) is 1. The second kappa shape index (κ2) is 2.86. The lowest BCUT2D eigenvalue weighted by molar-refractivity contribution is -0.171. The summed E-state index contributed by atoms with van der Waals surface area (Å²) in [6.07, 6.45) is 1.61. The molecule has 0 aromatic rings. The number of halogens is 1. The van der Waals surface area contributed by atoms with Crippen molar-refractivity contribution in [1.29, 1.82) is 0 Å². The normalized spacial score (nSPS) is 33.4. The Hall–Kier alpha value is -0.330. The Morgan fingerprint density at radius 2 is 2.33 bits per heavy atom. The van der Waals surface area contributed by atoms with Crippen molar-refractivity contribution in [1.82, 2.24) is 4.90 Å². The maximum absolute atomic E-state index is 11.2. The zero-order valence-electron chi connectivity index (χ0n) is 6.33. The highest BCUT2D eigenvalue weighted by Crippen LogP contribution is 2.28. The number of hydrogen-bond donors (Lipinski definition) is 0. The summed E-state index contributed by atoms with van der Waals surface area (Å²) in [6.45, 7) is 0.582. The third kappa shape index (κ3) is 1.19. The predicted octanol–water partition coefficient (Wildman–Crippen LogP) is 0.931. The average Bonchev–Trinajstić information content (AvgIpc) is 2.04. The minimum absolute atomic E-state index is 0.0544. The number of esters is 1. The molecule has 0 aromatic heterocycles. The molecular formula is C7H8INO3. The molecule has 3 aliphatic heterocycles. The zero-order valence-corrected chi connectivity index (χ0v) is 8.48. The standard InChI is InChI=1S/C7H8INO3/c8-7(11)9-3-4-1-2-5(9)6(10)12-4/h4-5H,1-3H2/t4-,5-/m0/s1. The largest absolute Gasteiger partial charge is 0.459 e. The molecular weight excluding hydrogens is 273 g/mol. The molecule has 0 radical (unpaired) electrons. The summed E-state index contributed by atoms with van der Waals surface area (Å²) >= 11 is 1.71. The Bertz CT molecular complexity index is 243. The molecule has 3 rings (SSSR count). The first-order valence-electron chi connectivity index (χ1n) is 3.85. The fourth-order valence-electron chi connectivity index (χ4n) is 1.72. The number of amides is 1. The molecule has 1 amide bonds. The van der Waals surface area contributed by atoms with Crippen molar-refractivity contribution in [2.45, 2.75) is 25.0 Å². The van der Waals surface area contributed by atoms with Gasteiger partial charge in [-0.05, 0) is 12.8 Å². The topological polar surface area (TPSA) is 46.6 Å². The molecule has 0 unspecified atom stereocenters. The van der Waals surface area contributed by atoms with E-state index in [2.05, 4.69) is 0 Å². The molecule has 0 aromatic carbocycles. The van der Waals surface area contributed by atoms with Crippen LogP contribution in [0.25, 0.3) is 0 Å². The van der Waals surface area contributed by atoms with Crippen molar-refractivity contribution in [3.63, 3.8) is 0 Å². The Balaban J connectivity index is 2.19. The Kier molecular flexibility index (Phi) is 1.97. The number of fused-ring (bicyclic) bond motifs is 3. The van der Waals surface area contributed by atoms with Crippen LogP contribution in [0.3, 0.4) is 0 Å². The highest BCUT2D eigenvalue weighted by Gasteiger charge is 2.43. The van der Waals surface area contributed by atoms with E-state index in [1.807, 2.05) is 0 Å². The summed E-state index contributed by atoms with van der Waals surface area (Å²) in [6, 6.07) is -0.306. The van der Waals surface area contributed by atoms with Crippen LogP contribution in [0, 0.1) is 0 Å². The lowest BCUT2D eigenvalue weighted by Crippen LogP contribution is -2.57. The van der Waals surface area contributed by atoms with Gasteiger partial charge in [0, 0.05) is 22.6 Å². The van der Waals surface area contributed by atoms with Crippen molar-refractivity contribution < 1.29 is 14.3 Å². The molecule has 2 bridgehead atoms. The van der Waals surface area contributed by atoms with Gasteiger partial charge < -0.3 is 9.64 Å². The second-order valence-electron chi connectivity index (χ2n) is 3.06. The number of morpholine rings is 1. The summed E-state index contributed by atoms with van der Waals surface area (Å²) < 4.78 is 4.97. The smallest absolute Gasteiger partial charge is 0.329 e. The molecule has 0 spiro atoms. The van der Waals surface area contributed by atoms with Crippen molar-refractivity contribution in [2.75, 3.05) is 6.54 Å². The van der Waals surface area contributed by atoms with E-state index in [1.54, 1.807) is 27.5 Å². The molecule has 0 aliphatic carbocycles. The Morgan fingerprint density at radius 1 is 1.58 bits per heavy atom. The number of hydrogen-bond acceptors (Lipinski definition) is 3. The van der Waals surface area contributed by atoms with Gasteiger partial charge in [0.25, 0.3) is 3.91 Å².